The summed E-state index contributed by atoms with van der Waals surface area (Å²) in [6, 6.07) is 0. The molecular weight excluding hydrogens is 295 g/mol. The van der Waals surface area contributed by atoms with Crippen molar-refractivity contribution in [2.24, 2.45) is 5.92 Å². The molecule has 0 aliphatic carbocycles. The Bertz CT molecular complexity index is 516. The zero-order valence-corrected chi connectivity index (χ0v) is 11.0. The summed E-state index contributed by atoms with van der Waals surface area (Å²) in [5.74, 6) is -4.16. The molecule has 116 valence electrons. The summed E-state index contributed by atoms with van der Waals surface area (Å²) in [4.78, 5) is 34.7. The normalized spacial score (nSPS) is 26.8. The van der Waals surface area contributed by atoms with Gasteiger partial charge < -0.3 is 9.47 Å². The van der Waals surface area contributed by atoms with E-state index >= 15 is 0 Å². The number of imide groups is 1. The van der Waals surface area contributed by atoms with Crippen LogP contribution in [0.25, 0.3) is 0 Å². The van der Waals surface area contributed by atoms with Crippen molar-refractivity contribution in [3.05, 3.63) is 12.2 Å². The van der Waals surface area contributed by atoms with Gasteiger partial charge in [0.15, 0.2) is 0 Å². The van der Waals surface area contributed by atoms with Gasteiger partial charge in [-0.2, -0.15) is 13.2 Å². The van der Waals surface area contributed by atoms with Crippen molar-refractivity contribution in [2.75, 3.05) is 13.2 Å². The Hall–Kier alpha value is -2.06. The van der Waals surface area contributed by atoms with Gasteiger partial charge in [0.2, 0.25) is 5.91 Å². The van der Waals surface area contributed by atoms with E-state index in [1.54, 1.807) is 0 Å². The zero-order valence-electron chi connectivity index (χ0n) is 11.0. The van der Waals surface area contributed by atoms with Gasteiger partial charge in [-0.3, -0.25) is 4.79 Å². The van der Waals surface area contributed by atoms with E-state index < -0.39 is 42.1 Å². The maximum Gasteiger partial charge on any atom is 0.416 e. The summed E-state index contributed by atoms with van der Waals surface area (Å²) in [6.07, 6.45) is -4.89. The number of cyclic esters (lactones) is 2. The topological polar surface area (TPSA) is 72.9 Å². The first kappa shape index (κ1) is 15.3. The van der Waals surface area contributed by atoms with E-state index in [1.165, 1.54) is 0 Å². The van der Waals surface area contributed by atoms with Crippen molar-refractivity contribution in [1.82, 2.24) is 4.90 Å². The van der Waals surface area contributed by atoms with Gasteiger partial charge in [0, 0.05) is 12.5 Å². The van der Waals surface area contributed by atoms with Crippen molar-refractivity contribution in [1.29, 1.82) is 0 Å². The lowest BCUT2D eigenvalue weighted by Crippen LogP contribution is -2.46. The maximum atomic E-state index is 13.2. The molecule has 2 aliphatic heterocycles. The molecule has 9 heteroatoms. The van der Waals surface area contributed by atoms with Crippen LogP contribution in [0, 0.1) is 5.92 Å². The molecule has 21 heavy (non-hydrogen) atoms. The van der Waals surface area contributed by atoms with E-state index in [0.717, 1.165) is 19.1 Å². The average molecular weight is 307 g/mol. The molecule has 1 fully saturated rings. The molecule has 0 aromatic carbocycles. The van der Waals surface area contributed by atoms with Crippen LogP contribution >= 0.6 is 0 Å². The number of esters is 1. The molecule has 1 saturated heterocycles. The van der Waals surface area contributed by atoms with Gasteiger partial charge in [-0.25, -0.2) is 14.5 Å². The molecule has 2 atom stereocenters. The van der Waals surface area contributed by atoms with Crippen molar-refractivity contribution >= 4 is 18.0 Å². The average Bonchev–Trinajstić information content (AvgIpc) is 2.91. The fourth-order valence-corrected chi connectivity index (χ4v) is 2.25. The molecule has 0 aromatic heterocycles. The SMILES string of the molecule is C[C@@]1([C@H](CC(=O)N2CCOC2=O)C(F)(F)F)C=CC(=O)O1. The minimum absolute atomic E-state index is 0.0482. The molecule has 2 heterocycles. The first-order valence-corrected chi connectivity index (χ1v) is 6.09. The fraction of sp³-hybridized carbons (Fsp3) is 0.583. The van der Waals surface area contributed by atoms with Crippen LogP contribution < -0.4 is 0 Å². The van der Waals surface area contributed by atoms with Crippen LogP contribution in [-0.4, -0.2) is 47.8 Å². The molecule has 2 amide bonds. The number of carbonyl (C=O) groups excluding carboxylic acids is 3. The molecule has 6 nitrogen and oxygen atoms in total. The van der Waals surface area contributed by atoms with Crippen LogP contribution in [-0.2, 0) is 19.1 Å². The van der Waals surface area contributed by atoms with Crippen molar-refractivity contribution in [2.45, 2.75) is 25.1 Å². The zero-order chi connectivity index (χ0) is 15.8. The second kappa shape index (κ2) is 5.05. The highest BCUT2D eigenvalue weighted by Crippen LogP contribution is 2.42. The fourth-order valence-electron chi connectivity index (χ4n) is 2.25. The van der Waals surface area contributed by atoms with Crippen molar-refractivity contribution in [3.8, 4) is 0 Å². The molecule has 0 radical (unpaired) electrons. The standard InChI is InChI=1S/C12H12F3NO5/c1-11(3-2-9(18)21-11)7(12(13,14)15)6-8(17)16-4-5-20-10(16)19/h2-3,7H,4-6H2,1H3/t7-,11-/m0/s1. The van der Waals surface area contributed by atoms with Crippen LogP contribution in [0.15, 0.2) is 12.2 Å². The minimum atomic E-state index is -4.77. The minimum Gasteiger partial charge on any atom is -0.451 e. The lowest BCUT2D eigenvalue weighted by molar-refractivity contribution is -0.220. The van der Waals surface area contributed by atoms with E-state index in [9.17, 15) is 27.6 Å². The Labute approximate surface area is 117 Å². The highest BCUT2D eigenvalue weighted by molar-refractivity contribution is 5.93. The van der Waals surface area contributed by atoms with Gasteiger partial charge >= 0.3 is 18.2 Å². The molecular formula is C12H12F3NO5. The summed E-state index contributed by atoms with van der Waals surface area (Å²) in [7, 11) is 0. The van der Waals surface area contributed by atoms with Gasteiger partial charge in [0.25, 0.3) is 0 Å². The molecule has 0 spiro atoms. The van der Waals surface area contributed by atoms with Crippen molar-refractivity contribution < 1.29 is 37.0 Å². The monoisotopic (exact) mass is 307 g/mol. The predicted molar refractivity (Wildman–Crippen MR) is 60.9 cm³/mol. The number of hydrogen-bond donors (Lipinski definition) is 0. The quantitative estimate of drug-likeness (QED) is 0.737. The van der Waals surface area contributed by atoms with Crippen LogP contribution in [0.2, 0.25) is 0 Å². The van der Waals surface area contributed by atoms with E-state index in [4.69, 9.17) is 0 Å². The smallest absolute Gasteiger partial charge is 0.416 e. The molecule has 2 rings (SSSR count). The molecule has 0 bridgehead atoms. The highest BCUT2D eigenvalue weighted by Gasteiger charge is 2.55. The lowest BCUT2D eigenvalue weighted by Gasteiger charge is -2.33. The van der Waals surface area contributed by atoms with E-state index in [0.29, 0.717) is 4.90 Å². The number of carbonyl (C=O) groups is 3. The summed E-state index contributed by atoms with van der Waals surface area (Å²) in [5, 5.41) is 0. The second-order valence-electron chi connectivity index (χ2n) is 4.90. The Morgan fingerprint density at radius 1 is 1.48 bits per heavy atom. The third-order valence-electron chi connectivity index (χ3n) is 3.40. The summed E-state index contributed by atoms with van der Waals surface area (Å²) < 4.78 is 48.7. The van der Waals surface area contributed by atoms with Crippen LogP contribution in [0.1, 0.15) is 13.3 Å². The van der Waals surface area contributed by atoms with Gasteiger partial charge in [0.1, 0.15) is 18.1 Å². The molecule has 0 N–H and O–H groups in total. The molecule has 0 unspecified atom stereocenters. The van der Waals surface area contributed by atoms with Gasteiger partial charge in [-0.1, -0.05) is 0 Å². The van der Waals surface area contributed by atoms with Crippen molar-refractivity contribution in [3.63, 3.8) is 0 Å². The Morgan fingerprint density at radius 3 is 2.57 bits per heavy atom. The number of halogens is 3. The first-order chi connectivity index (χ1) is 9.63. The van der Waals surface area contributed by atoms with Crippen LogP contribution in [0.3, 0.4) is 0 Å². The third kappa shape index (κ3) is 3.01. The number of alkyl halides is 3. The van der Waals surface area contributed by atoms with Crippen LogP contribution in [0.4, 0.5) is 18.0 Å². The number of ether oxygens (including phenoxy) is 2. The summed E-state index contributed by atoms with van der Waals surface area (Å²) in [5.41, 5.74) is -1.96. The Morgan fingerprint density at radius 2 is 2.14 bits per heavy atom. The summed E-state index contributed by atoms with van der Waals surface area (Å²) in [6.45, 7) is 0.935. The van der Waals surface area contributed by atoms with E-state index in [1.807, 2.05) is 0 Å². The predicted octanol–water partition coefficient (Wildman–Crippen LogP) is 1.41. The van der Waals surface area contributed by atoms with E-state index in [-0.39, 0.29) is 13.2 Å². The molecule has 2 aliphatic rings. The molecule has 0 aromatic rings. The lowest BCUT2D eigenvalue weighted by atomic mass is 9.85. The van der Waals surface area contributed by atoms with Gasteiger partial charge in [-0.15, -0.1) is 0 Å². The van der Waals surface area contributed by atoms with E-state index in [2.05, 4.69) is 9.47 Å². The molecule has 0 saturated carbocycles. The number of hydrogen-bond acceptors (Lipinski definition) is 5. The van der Waals surface area contributed by atoms with Gasteiger partial charge in [-0.05, 0) is 13.0 Å². The summed E-state index contributed by atoms with van der Waals surface area (Å²) >= 11 is 0. The third-order valence-corrected chi connectivity index (χ3v) is 3.40. The van der Waals surface area contributed by atoms with Crippen LogP contribution in [0.5, 0.6) is 0 Å². The highest BCUT2D eigenvalue weighted by atomic mass is 19.4. The first-order valence-electron chi connectivity index (χ1n) is 6.09. The number of amides is 2. The number of rotatable bonds is 3. The maximum absolute atomic E-state index is 13.2. The Balaban J connectivity index is 2.18. The second-order valence-corrected chi connectivity index (χ2v) is 4.90. The van der Waals surface area contributed by atoms with Gasteiger partial charge in [0.05, 0.1) is 6.54 Å². The largest absolute Gasteiger partial charge is 0.451 e. The number of nitrogens with zero attached hydrogens (tertiary/aromatic N) is 1. The Kier molecular flexibility index (Phi) is 3.68.